The summed E-state index contributed by atoms with van der Waals surface area (Å²) in [6.07, 6.45) is 0.663. The normalized spacial score (nSPS) is 12.9. The summed E-state index contributed by atoms with van der Waals surface area (Å²) in [5, 5.41) is 0. The number of sulfonamides is 1. The number of benzene rings is 2. The number of hydrogen-bond donors (Lipinski definition) is 1. The van der Waals surface area contributed by atoms with Crippen molar-refractivity contribution < 1.29 is 13.2 Å². The molecule has 2 aromatic carbocycles. The van der Waals surface area contributed by atoms with Crippen LogP contribution in [0.25, 0.3) is 0 Å². The molecular weight excluding hydrogens is 310 g/mol. The van der Waals surface area contributed by atoms with Crippen LogP contribution in [0.15, 0.2) is 47.4 Å². The molecule has 0 radical (unpaired) electrons. The lowest BCUT2D eigenvalue weighted by Crippen LogP contribution is -2.28. The zero-order valence-electron chi connectivity index (χ0n) is 14.0. The van der Waals surface area contributed by atoms with Gasteiger partial charge in [0.05, 0.1) is 12.0 Å². The molecule has 0 saturated carbocycles. The summed E-state index contributed by atoms with van der Waals surface area (Å²) < 4.78 is 33.2. The lowest BCUT2D eigenvalue weighted by atomic mass is 10.1. The molecule has 5 heteroatoms. The van der Waals surface area contributed by atoms with Gasteiger partial charge in [0.25, 0.3) is 0 Å². The van der Waals surface area contributed by atoms with Crippen LogP contribution < -0.4 is 9.46 Å². The summed E-state index contributed by atoms with van der Waals surface area (Å²) in [4.78, 5) is 0.299. The van der Waals surface area contributed by atoms with E-state index in [2.05, 4.69) is 4.72 Å². The molecule has 0 spiro atoms. The predicted molar refractivity (Wildman–Crippen MR) is 92.3 cm³/mol. The Hall–Kier alpha value is -1.85. The standard InChI is InChI=1S/C18H23NO3S/c1-5-18(15-7-9-16(22-4)10-8-15)19-23(20,21)17-11-6-13(2)14(3)12-17/h6-12,18-19H,5H2,1-4H3. The van der Waals surface area contributed by atoms with E-state index in [0.29, 0.717) is 11.3 Å². The summed E-state index contributed by atoms with van der Waals surface area (Å²) >= 11 is 0. The van der Waals surface area contributed by atoms with Gasteiger partial charge in [-0.15, -0.1) is 0 Å². The molecule has 0 aliphatic heterocycles. The van der Waals surface area contributed by atoms with E-state index in [9.17, 15) is 8.42 Å². The first-order chi connectivity index (χ1) is 10.9. The van der Waals surface area contributed by atoms with Crippen LogP contribution in [0.2, 0.25) is 0 Å². The molecule has 0 bridgehead atoms. The first-order valence-corrected chi connectivity index (χ1v) is 9.09. The van der Waals surface area contributed by atoms with E-state index in [1.165, 1.54) is 0 Å². The van der Waals surface area contributed by atoms with E-state index in [4.69, 9.17) is 4.74 Å². The average molecular weight is 333 g/mol. The van der Waals surface area contributed by atoms with E-state index in [-0.39, 0.29) is 6.04 Å². The first kappa shape index (κ1) is 17.5. The van der Waals surface area contributed by atoms with Gasteiger partial charge in [-0.05, 0) is 61.2 Å². The molecule has 124 valence electrons. The average Bonchev–Trinajstić information content (AvgIpc) is 2.55. The highest BCUT2D eigenvalue weighted by Crippen LogP contribution is 2.23. The molecule has 0 heterocycles. The fourth-order valence-corrected chi connectivity index (χ4v) is 3.75. The topological polar surface area (TPSA) is 55.4 Å². The Bertz CT molecular complexity index is 767. The molecule has 2 aromatic rings. The maximum Gasteiger partial charge on any atom is 0.241 e. The van der Waals surface area contributed by atoms with Crippen molar-refractivity contribution in [3.8, 4) is 5.75 Å². The maximum absolute atomic E-state index is 12.6. The van der Waals surface area contributed by atoms with Crippen molar-refractivity contribution in [1.82, 2.24) is 4.72 Å². The Morgan fingerprint density at radius 3 is 2.22 bits per heavy atom. The van der Waals surface area contributed by atoms with Gasteiger partial charge in [0.1, 0.15) is 5.75 Å². The van der Waals surface area contributed by atoms with Crippen molar-refractivity contribution in [2.24, 2.45) is 0 Å². The highest BCUT2D eigenvalue weighted by molar-refractivity contribution is 7.89. The molecule has 0 aliphatic rings. The van der Waals surface area contributed by atoms with Crippen LogP contribution in [-0.4, -0.2) is 15.5 Å². The molecule has 23 heavy (non-hydrogen) atoms. The molecule has 0 aromatic heterocycles. The van der Waals surface area contributed by atoms with Crippen LogP contribution in [0.1, 0.15) is 36.1 Å². The third-order valence-corrected chi connectivity index (χ3v) is 5.48. The predicted octanol–water partition coefficient (Wildman–Crippen LogP) is 3.74. The number of methoxy groups -OCH3 is 1. The van der Waals surface area contributed by atoms with E-state index in [1.54, 1.807) is 19.2 Å². The zero-order valence-corrected chi connectivity index (χ0v) is 14.8. The van der Waals surface area contributed by atoms with Crippen LogP contribution in [-0.2, 0) is 10.0 Å². The summed E-state index contributed by atoms with van der Waals surface area (Å²) in [7, 11) is -1.95. The maximum atomic E-state index is 12.6. The van der Waals surface area contributed by atoms with Crippen molar-refractivity contribution in [3.63, 3.8) is 0 Å². The van der Waals surface area contributed by atoms with Gasteiger partial charge in [0, 0.05) is 6.04 Å². The van der Waals surface area contributed by atoms with E-state index in [1.807, 2.05) is 51.1 Å². The minimum atomic E-state index is -3.56. The quantitative estimate of drug-likeness (QED) is 0.876. The Kier molecular flexibility index (Phi) is 5.44. The van der Waals surface area contributed by atoms with Gasteiger partial charge in [-0.1, -0.05) is 25.1 Å². The number of nitrogens with one attached hydrogen (secondary N) is 1. The molecule has 0 aliphatic carbocycles. The lowest BCUT2D eigenvalue weighted by molar-refractivity contribution is 0.414. The van der Waals surface area contributed by atoms with Gasteiger partial charge in [0.15, 0.2) is 0 Å². The molecule has 1 atom stereocenters. The molecule has 1 N–H and O–H groups in total. The van der Waals surface area contributed by atoms with E-state index >= 15 is 0 Å². The van der Waals surface area contributed by atoms with E-state index in [0.717, 1.165) is 22.4 Å². The Morgan fingerprint density at radius 2 is 1.70 bits per heavy atom. The van der Waals surface area contributed by atoms with Crippen molar-refractivity contribution >= 4 is 10.0 Å². The molecule has 1 unspecified atom stereocenters. The second-order valence-electron chi connectivity index (χ2n) is 5.60. The molecule has 2 rings (SSSR count). The number of hydrogen-bond acceptors (Lipinski definition) is 3. The monoisotopic (exact) mass is 333 g/mol. The van der Waals surface area contributed by atoms with Crippen LogP contribution in [0.5, 0.6) is 5.75 Å². The van der Waals surface area contributed by atoms with Gasteiger partial charge in [0.2, 0.25) is 10.0 Å². The minimum Gasteiger partial charge on any atom is -0.497 e. The van der Waals surface area contributed by atoms with Crippen molar-refractivity contribution in [3.05, 3.63) is 59.2 Å². The molecular formula is C18H23NO3S. The van der Waals surface area contributed by atoms with Crippen LogP contribution in [0.3, 0.4) is 0 Å². The first-order valence-electron chi connectivity index (χ1n) is 7.61. The fraction of sp³-hybridized carbons (Fsp3) is 0.333. The smallest absolute Gasteiger partial charge is 0.241 e. The highest BCUT2D eigenvalue weighted by Gasteiger charge is 2.20. The summed E-state index contributed by atoms with van der Waals surface area (Å²) in [5.41, 5.74) is 2.96. The minimum absolute atomic E-state index is 0.271. The van der Waals surface area contributed by atoms with Gasteiger partial charge < -0.3 is 4.74 Å². The molecule has 0 fully saturated rings. The van der Waals surface area contributed by atoms with Crippen molar-refractivity contribution in [1.29, 1.82) is 0 Å². The molecule has 0 amide bonds. The third kappa shape index (κ3) is 4.12. The Balaban J connectivity index is 2.26. The van der Waals surface area contributed by atoms with Gasteiger partial charge in [-0.2, -0.15) is 0 Å². The summed E-state index contributed by atoms with van der Waals surface area (Å²) in [6, 6.07) is 12.4. The van der Waals surface area contributed by atoms with E-state index < -0.39 is 10.0 Å². The number of rotatable bonds is 6. The SMILES string of the molecule is CCC(NS(=O)(=O)c1ccc(C)c(C)c1)c1ccc(OC)cc1. The second kappa shape index (κ2) is 7.15. The van der Waals surface area contributed by atoms with Gasteiger partial charge in [-0.3, -0.25) is 0 Å². The second-order valence-corrected chi connectivity index (χ2v) is 7.32. The van der Waals surface area contributed by atoms with Crippen LogP contribution in [0, 0.1) is 13.8 Å². The summed E-state index contributed by atoms with van der Waals surface area (Å²) in [5.74, 6) is 0.751. The molecule has 0 saturated heterocycles. The Labute approximate surface area is 138 Å². The van der Waals surface area contributed by atoms with Crippen LogP contribution >= 0.6 is 0 Å². The lowest BCUT2D eigenvalue weighted by Gasteiger charge is -2.18. The van der Waals surface area contributed by atoms with Crippen molar-refractivity contribution in [2.45, 2.75) is 38.1 Å². The zero-order chi connectivity index (χ0) is 17.0. The van der Waals surface area contributed by atoms with Crippen molar-refractivity contribution in [2.75, 3.05) is 7.11 Å². The Morgan fingerprint density at radius 1 is 1.04 bits per heavy atom. The summed E-state index contributed by atoms with van der Waals surface area (Å²) in [6.45, 7) is 5.83. The third-order valence-electron chi connectivity index (χ3n) is 4.01. The molecule has 4 nitrogen and oxygen atoms in total. The number of ether oxygens (including phenoxy) is 1. The number of aryl methyl sites for hydroxylation is 2. The fourth-order valence-electron chi connectivity index (χ4n) is 2.36. The van der Waals surface area contributed by atoms with Gasteiger partial charge >= 0.3 is 0 Å². The van der Waals surface area contributed by atoms with Crippen LogP contribution in [0.4, 0.5) is 0 Å². The highest BCUT2D eigenvalue weighted by atomic mass is 32.2. The largest absolute Gasteiger partial charge is 0.497 e. The van der Waals surface area contributed by atoms with Gasteiger partial charge in [-0.25, -0.2) is 13.1 Å².